The van der Waals surface area contributed by atoms with Gasteiger partial charge in [0.05, 0.1) is 0 Å². The highest BCUT2D eigenvalue weighted by molar-refractivity contribution is 5.84. The van der Waals surface area contributed by atoms with Crippen LogP contribution >= 0.6 is 0 Å². The molecule has 4 nitrogen and oxygen atoms in total. The van der Waals surface area contributed by atoms with E-state index in [1.807, 2.05) is 0 Å². The highest BCUT2D eigenvalue weighted by Gasteiger charge is 2.34. The minimum Gasteiger partial charge on any atom is -0.480 e. The molecule has 4 heteroatoms. The van der Waals surface area contributed by atoms with Gasteiger partial charge in [0, 0.05) is 13.0 Å². The molecule has 0 aromatic rings. The third-order valence-electron chi connectivity index (χ3n) is 3.48. The Morgan fingerprint density at radius 2 is 2.00 bits per heavy atom. The van der Waals surface area contributed by atoms with Crippen LogP contribution in [0.5, 0.6) is 0 Å². The molecule has 1 fully saturated rings. The van der Waals surface area contributed by atoms with Crippen LogP contribution in [0.2, 0.25) is 0 Å². The van der Waals surface area contributed by atoms with Crippen LogP contribution in [0.15, 0.2) is 0 Å². The minimum absolute atomic E-state index is 0.0126. The van der Waals surface area contributed by atoms with E-state index in [2.05, 4.69) is 13.8 Å². The number of likely N-dealkylation sites (tertiary alicyclic amines) is 1. The summed E-state index contributed by atoms with van der Waals surface area (Å²) < 4.78 is 0. The van der Waals surface area contributed by atoms with Gasteiger partial charge in [-0.1, -0.05) is 26.7 Å². The van der Waals surface area contributed by atoms with Crippen LogP contribution in [0, 0.1) is 5.92 Å². The maximum atomic E-state index is 12.0. The summed E-state index contributed by atoms with van der Waals surface area (Å²) in [5.74, 6) is -0.462. The first-order valence-corrected chi connectivity index (χ1v) is 6.12. The highest BCUT2D eigenvalue weighted by Crippen LogP contribution is 2.21. The van der Waals surface area contributed by atoms with Crippen molar-refractivity contribution in [1.29, 1.82) is 0 Å². The molecule has 1 N–H and O–H groups in total. The number of carbonyl (C=O) groups excluding carboxylic acids is 1. The fourth-order valence-corrected chi connectivity index (χ4v) is 2.26. The molecule has 0 aromatic carbocycles. The zero-order chi connectivity index (χ0) is 12.1. The first-order valence-electron chi connectivity index (χ1n) is 6.12. The summed E-state index contributed by atoms with van der Waals surface area (Å²) in [4.78, 5) is 24.4. The zero-order valence-electron chi connectivity index (χ0n) is 10.1. The molecule has 0 saturated carbocycles. The van der Waals surface area contributed by atoms with E-state index in [4.69, 9.17) is 5.11 Å². The maximum Gasteiger partial charge on any atom is 0.326 e. The zero-order valence-corrected chi connectivity index (χ0v) is 10.1. The predicted molar refractivity (Wildman–Crippen MR) is 61.1 cm³/mol. The fourth-order valence-electron chi connectivity index (χ4n) is 2.26. The van der Waals surface area contributed by atoms with Crippen molar-refractivity contribution in [2.45, 2.75) is 52.0 Å². The molecule has 1 atom stereocenters. The number of carbonyl (C=O) groups is 2. The van der Waals surface area contributed by atoms with Crippen LogP contribution in [0.4, 0.5) is 0 Å². The van der Waals surface area contributed by atoms with Crippen molar-refractivity contribution in [2.24, 2.45) is 5.92 Å². The maximum absolute atomic E-state index is 12.0. The number of carboxylic acid groups (broad SMARTS) is 1. The standard InChI is InChI=1S/C12H21NO3/c1-3-9(4-2)8-11(14)13-7-5-6-10(13)12(15)16/h9-10H,3-8H2,1-2H3,(H,15,16)/t10-/m0/s1. The monoisotopic (exact) mass is 227 g/mol. The van der Waals surface area contributed by atoms with Gasteiger partial charge in [-0.2, -0.15) is 0 Å². The number of amides is 1. The lowest BCUT2D eigenvalue weighted by Gasteiger charge is -2.23. The number of hydrogen-bond donors (Lipinski definition) is 1. The summed E-state index contributed by atoms with van der Waals surface area (Å²) in [6, 6.07) is -0.582. The number of nitrogens with zero attached hydrogens (tertiary/aromatic N) is 1. The molecule has 0 unspecified atom stereocenters. The van der Waals surface area contributed by atoms with Gasteiger partial charge in [-0.05, 0) is 18.8 Å². The molecule has 1 aliphatic heterocycles. The molecule has 1 heterocycles. The van der Waals surface area contributed by atoms with Crippen molar-refractivity contribution in [3.8, 4) is 0 Å². The van der Waals surface area contributed by atoms with Crippen LogP contribution < -0.4 is 0 Å². The van der Waals surface area contributed by atoms with Crippen molar-refractivity contribution in [3.05, 3.63) is 0 Å². The molecule has 0 radical (unpaired) electrons. The second-order valence-corrected chi connectivity index (χ2v) is 4.47. The topological polar surface area (TPSA) is 57.6 Å². The smallest absolute Gasteiger partial charge is 0.326 e. The molecular weight excluding hydrogens is 206 g/mol. The lowest BCUT2D eigenvalue weighted by atomic mass is 9.98. The van der Waals surface area contributed by atoms with Gasteiger partial charge >= 0.3 is 5.97 Å². The molecule has 1 rings (SSSR count). The second kappa shape index (κ2) is 5.87. The average Bonchev–Trinajstić information content (AvgIpc) is 2.74. The van der Waals surface area contributed by atoms with Gasteiger partial charge < -0.3 is 10.0 Å². The first-order chi connectivity index (χ1) is 7.60. The van der Waals surface area contributed by atoms with Crippen LogP contribution in [0.3, 0.4) is 0 Å². The molecule has 0 aliphatic carbocycles. The van der Waals surface area contributed by atoms with E-state index in [0.717, 1.165) is 19.3 Å². The van der Waals surface area contributed by atoms with E-state index in [9.17, 15) is 9.59 Å². The molecule has 92 valence electrons. The van der Waals surface area contributed by atoms with E-state index in [0.29, 0.717) is 25.3 Å². The molecular formula is C12H21NO3. The largest absolute Gasteiger partial charge is 0.480 e. The van der Waals surface area contributed by atoms with Crippen LogP contribution in [-0.2, 0) is 9.59 Å². The molecule has 1 amide bonds. The van der Waals surface area contributed by atoms with Gasteiger partial charge in [-0.3, -0.25) is 4.79 Å². The van der Waals surface area contributed by atoms with Crippen molar-refractivity contribution >= 4 is 11.9 Å². The third-order valence-corrected chi connectivity index (χ3v) is 3.48. The SMILES string of the molecule is CCC(CC)CC(=O)N1CCC[C@H]1C(=O)O. The Morgan fingerprint density at radius 1 is 1.38 bits per heavy atom. The van der Waals surface area contributed by atoms with Gasteiger partial charge in [0.25, 0.3) is 0 Å². The lowest BCUT2D eigenvalue weighted by molar-refractivity contribution is -0.148. The Hall–Kier alpha value is -1.06. The molecule has 0 aromatic heterocycles. The molecule has 1 aliphatic rings. The Bertz CT molecular complexity index is 261. The van der Waals surface area contributed by atoms with E-state index in [1.54, 1.807) is 4.90 Å². The van der Waals surface area contributed by atoms with Crippen molar-refractivity contribution in [3.63, 3.8) is 0 Å². The van der Waals surface area contributed by atoms with Crippen LogP contribution in [-0.4, -0.2) is 34.5 Å². The van der Waals surface area contributed by atoms with E-state index >= 15 is 0 Å². The summed E-state index contributed by atoms with van der Waals surface area (Å²) in [6.07, 6.45) is 3.87. The summed E-state index contributed by atoms with van der Waals surface area (Å²) in [6.45, 7) is 4.75. The molecule has 0 bridgehead atoms. The molecule has 1 saturated heterocycles. The Balaban J connectivity index is 2.56. The third kappa shape index (κ3) is 2.97. The second-order valence-electron chi connectivity index (χ2n) is 4.47. The summed E-state index contributed by atoms with van der Waals surface area (Å²) in [5, 5.41) is 8.99. The van der Waals surface area contributed by atoms with Gasteiger partial charge in [-0.25, -0.2) is 4.79 Å². The van der Waals surface area contributed by atoms with Crippen LogP contribution in [0.25, 0.3) is 0 Å². The fraction of sp³-hybridized carbons (Fsp3) is 0.833. The van der Waals surface area contributed by atoms with Gasteiger partial charge in [0.15, 0.2) is 0 Å². The quantitative estimate of drug-likeness (QED) is 0.780. The summed E-state index contributed by atoms with van der Waals surface area (Å²) in [7, 11) is 0. The van der Waals surface area contributed by atoms with Crippen molar-refractivity contribution in [2.75, 3.05) is 6.54 Å². The predicted octanol–water partition coefficient (Wildman–Crippen LogP) is 1.89. The normalized spacial score (nSPS) is 20.4. The summed E-state index contributed by atoms with van der Waals surface area (Å²) in [5.41, 5.74) is 0. The average molecular weight is 227 g/mol. The number of carboxylic acids is 1. The Morgan fingerprint density at radius 3 is 2.50 bits per heavy atom. The van der Waals surface area contributed by atoms with E-state index in [1.165, 1.54) is 0 Å². The number of rotatable bonds is 5. The lowest BCUT2D eigenvalue weighted by Crippen LogP contribution is -2.41. The number of aliphatic carboxylic acids is 1. The Labute approximate surface area is 96.6 Å². The van der Waals surface area contributed by atoms with E-state index < -0.39 is 12.0 Å². The first kappa shape index (κ1) is 13.0. The molecule has 0 spiro atoms. The van der Waals surface area contributed by atoms with Crippen molar-refractivity contribution < 1.29 is 14.7 Å². The van der Waals surface area contributed by atoms with E-state index in [-0.39, 0.29) is 5.91 Å². The van der Waals surface area contributed by atoms with Gasteiger partial charge in [-0.15, -0.1) is 0 Å². The van der Waals surface area contributed by atoms with Crippen molar-refractivity contribution in [1.82, 2.24) is 4.90 Å². The Kier molecular flexibility index (Phi) is 4.77. The van der Waals surface area contributed by atoms with Gasteiger partial charge in [0.2, 0.25) is 5.91 Å². The number of hydrogen-bond acceptors (Lipinski definition) is 2. The highest BCUT2D eigenvalue weighted by atomic mass is 16.4. The van der Waals surface area contributed by atoms with Gasteiger partial charge in [0.1, 0.15) is 6.04 Å². The minimum atomic E-state index is -0.865. The van der Waals surface area contributed by atoms with Crippen LogP contribution in [0.1, 0.15) is 46.0 Å². The summed E-state index contributed by atoms with van der Waals surface area (Å²) >= 11 is 0. The molecule has 16 heavy (non-hydrogen) atoms.